The minimum Gasteiger partial charge on any atom is -0.438 e. The first-order valence-electron chi connectivity index (χ1n) is 9.16. The summed E-state index contributed by atoms with van der Waals surface area (Å²) in [5, 5.41) is 7.86. The molecule has 0 saturated carbocycles. The first-order chi connectivity index (χ1) is 13.8. The third-order valence-corrected chi connectivity index (χ3v) is 8.58. The van der Waals surface area contributed by atoms with E-state index in [4.69, 9.17) is 4.53 Å². The summed E-state index contributed by atoms with van der Waals surface area (Å²) in [6.07, 6.45) is 5.31. The van der Waals surface area contributed by atoms with Gasteiger partial charge in [-0.1, -0.05) is 91.0 Å². The van der Waals surface area contributed by atoms with Crippen LogP contribution in [0.2, 0.25) is 0 Å². The molecule has 0 unspecified atom stereocenters. The lowest BCUT2D eigenvalue weighted by molar-refractivity contribution is 0.351. The van der Waals surface area contributed by atoms with Gasteiger partial charge in [-0.05, 0) is 15.6 Å². The molecule has 0 amide bonds. The lowest BCUT2D eigenvalue weighted by atomic mass is 10.3. The number of hydrogen-bond acceptors (Lipinski definition) is 3. The molecule has 0 bridgehead atoms. The number of imidazole rings is 1. The van der Waals surface area contributed by atoms with Crippen molar-refractivity contribution in [1.82, 2.24) is 9.55 Å². The normalized spacial score (nSPS) is 11.6. The Morgan fingerprint density at radius 2 is 1.25 bits per heavy atom. The zero-order valence-corrected chi connectivity index (χ0v) is 16.6. The van der Waals surface area contributed by atoms with E-state index in [-0.39, 0.29) is 0 Å². The van der Waals surface area contributed by atoms with Crippen LogP contribution in [0.3, 0.4) is 0 Å². The Hall–Kier alpha value is -3.44. The molecule has 28 heavy (non-hydrogen) atoms. The average molecular weight is 384 g/mol. The highest BCUT2D eigenvalue weighted by atomic mass is 28.4. The molecule has 4 rings (SSSR count). The molecule has 0 aliphatic rings. The molecule has 138 valence electrons. The van der Waals surface area contributed by atoms with Crippen LogP contribution in [0.5, 0.6) is 0 Å². The summed E-state index contributed by atoms with van der Waals surface area (Å²) < 4.78 is 8.38. The average Bonchev–Trinajstić information content (AvgIpc) is 3.18. The van der Waals surface area contributed by atoms with Crippen LogP contribution in [0, 0.1) is 0 Å². The summed E-state index contributed by atoms with van der Waals surface area (Å²) in [6, 6.07) is 31.1. The van der Waals surface area contributed by atoms with Crippen molar-refractivity contribution in [3.05, 3.63) is 109 Å². The van der Waals surface area contributed by atoms with E-state index in [1.54, 1.807) is 12.4 Å². The molecule has 1 heterocycles. The first kappa shape index (κ1) is 17.9. The van der Waals surface area contributed by atoms with Crippen molar-refractivity contribution >= 4 is 30.1 Å². The number of oxime groups is 1. The van der Waals surface area contributed by atoms with E-state index in [1.165, 1.54) is 0 Å². The van der Waals surface area contributed by atoms with Crippen molar-refractivity contribution in [1.29, 1.82) is 0 Å². The monoisotopic (exact) mass is 383 g/mol. The standard InChI is InChI=1S/C23H21N3OSi/c1-26-18-17-24-23(26)19-25-27-28(20-11-5-2-6-12-20,21-13-7-3-8-14-21)22-15-9-4-10-16-22/h2-19H,1H3/b25-19+. The molecule has 0 spiro atoms. The maximum absolute atomic E-state index is 6.47. The highest BCUT2D eigenvalue weighted by Gasteiger charge is 2.44. The smallest absolute Gasteiger partial charge is 0.380 e. The number of hydrogen-bond donors (Lipinski definition) is 0. The van der Waals surface area contributed by atoms with Crippen LogP contribution in [0.1, 0.15) is 5.82 Å². The third kappa shape index (κ3) is 3.40. The minimum absolute atomic E-state index is 0.747. The van der Waals surface area contributed by atoms with Crippen LogP contribution >= 0.6 is 0 Å². The summed E-state index contributed by atoms with van der Waals surface area (Å²) in [4.78, 5) is 4.30. The number of benzene rings is 3. The Bertz CT molecular complexity index is 950. The fraction of sp³-hybridized carbons (Fsp3) is 0.0435. The van der Waals surface area contributed by atoms with Crippen LogP contribution in [0.15, 0.2) is 109 Å². The molecule has 3 aromatic carbocycles. The topological polar surface area (TPSA) is 39.4 Å². The number of aromatic nitrogens is 2. The summed E-state index contributed by atoms with van der Waals surface area (Å²) in [5.74, 6) is 0.747. The summed E-state index contributed by atoms with van der Waals surface area (Å²) in [6.45, 7) is 0. The van der Waals surface area contributed by atoms with Crippen LogP contribution in [-0.2, 0) is 11.6 Å². The van der Waals surface area contributed by atoms with Gasteiger partial charge in [0.2, 0.25) is 0 Å². The Labute approximate surface area is 165 Å². The largest absolute Gasteiger partial charge is 0.438 e. The van der Waals surface area contributed by atoms with Gasteiger partial charge in [0.1, 0.15) is 6.21 Å². The lowest BCUT2D eigenvalue weighted by Crippen LogP contribution is -2.68. The highest BCUT2D eigenvalue weighted by Crippen LogP contribution is 2.10. The van der Waals surface area contributed by atoms with Gasteiger partial charge in [-0.2, -0.15) is 0 Å². The van der Waals surface area contributed by atoms with Gasteiger partial charge in [-0.15, -0.1) is 5.16 Å². The van der Waals surface area contributed by atoms with Gasteiger partial charge in [-0.3, -0.25) is 0 Å². The molecule has 0 radical (unpaired) electrons. The van der Waals surface area contributed by atoms with E-state index in [0.717, 1.165) is 21.4 Å². The molecule has 0 aliphatic heterocycles. The van der Waals surface area contributed by atoms with Crippen molar-refractivity contribution in [2.75, 3.05) is 0 Å². The Morgan fingerprint density at radius 1 is 0.786 bits per heavy atom. The van der Waals surface area contributed by atoms with E-state index in [1.807, 2.05) is 36.0 Å². The molecule has 0 N–H and O–H groups in total. The summed E-state index contributed by atoms with van der Waals surface area (Å²) >= 11 is 0. The second-order valence-electron chi connectivity index (χ2n) is 6.50. The summed E-state index contributed by atoms with van der Waals surface area (Å²) in [5.41, 5.74) is 0. The molecule has 0 fully saturated rings. The second kappa shape index (κ2) is 8.06. The molecule has 4 nitrogen and oxygen atoms in total. The maximum atomic E-state index is 6.47. The molecular formula is C23H21N3OSi. The van der Waals surface area contributed by atoms with Gasteiger partial charge in [0, 0.05) is 19.4 Å². The fourth-order valence-corrected chi connectivity index (χ4v) is 6.84. The highest BCUT2D eigenvalue weighted by molar-refractivity contribution is 7.07. The Morgan fingerprint density at radius 3 is 1.64 bits per heavy atom. The van der Waals surface area contributed by atoms with Gasteiger partial charge >= 0.3 is 8.32 Å². The molecule has 0 aliphatic carbocycles. The number of aryl methyl sites for hydroxylation is 1. The molecule has 4 aromatic rings. The van der Waals surface area contributed by atoms with E-state index in [0.29, 0.717) is 0 Å². The second-order valence-corrected chi connectivity index (χ2v) is 9.78. The fourth-order valence-electron chi connectivity index (χ4n) is 3.33. The van der Waals surface area contributed by atoms with E-state index in [9.17, 15) is 0 Å². The van der Waals surface area contributed by atoms with Crippen molar-refractivity contribution in [3.63, 3.8) is 0 Å². The van der Waals surface area contributed by atoms with Crippen LogP contribution in [-0.4, -0.2) is 24.1 Å². The maximum Gasteiger partial charge on any atom is 0.380 e. The number of nitrogens with zero attached hydrogens (tertiary/aromatic N) is 3. The van der Waals surface area contributed by atoms with E-state index in [2.05, 4.69) is 82.9 Å². The van der Waals surface area contributed by atoms with E-state index < -0.39 is 8.32 Å². The van der Waals surface area contributed by atoms with Crippen LogP contribution < -0.4 is 15.6 Å². The van der Waals surface area contributed by atoms with Crippen molar-refractivity contribution in [3.8, 4) is 0 Å². The molecule has 5 heteroatoms. The van der Waals surface area contributed by atoms with Crippen LogP contribution in [0.4, 0.5) is 0 Å². The molecular weight excluding hydrogens is 362 g/mol. The van der Waals surface area contributed by atoms with Crippen molar-refractivity contribution in [2.45, 2.75) is 0 Å². The van der Waals surface area contributed by atoms with Gasteiger partial charge in [0.25, 0.3) is 0 Å². The quantitative estimate of drug-likeness (QED) is 0.222. The first-order valence-corrected chi connectivity index (χ1v) is 11.1. The third-order valence-electron chi connectivity index (χ3n) is 4.76. The molecule has 1 aromatic heterocycles. The molecule has 0 saturated heterocycles. The van der Waals surface area contributed by atoms with Gasteiger partial charge in [0.15, 0.2) is 5.82 Å². The number of rotatable bonds is 6. The minimum atomic E-state index is -2.81. The van der Waals surface area contributed by atoms with Gasteiger partial charge in [0.05, 0.1) is 0 Å². The van der Waals surface area contributed by atoms with E-state index >= 15 is 0 Å². The van der Waals surface area contributed by atoms with Crippen molar-refractivity contribution < 1.29 is 4.53 Å². The Kier molecular flexibility index (Phi) is 5.17. The van der Waals surface area contributed by atoms with Gasteiger partial charge < -0.3 is 9.09 Å². The Balaban J connectivity index is 1.88. The van der Waals surface area contributed by atoms with Crippen molar-refractivity contribution in [2.24, 2.45) is 12.2 Å². The van der Waals surface area contributed by atoms with Crippen LogP contribution in [0.25, 0.3) is 0 Å². The zero-order chi connectivity index (χ0) is 19.2. The lowest BCUT2D eigenvalue weighted by Gasteiger charge is -2.29. The SMILES string of the molecule is Cn1ccnc1/C=N/O[Si](c1ccccc1)(c1ccccc1)c1ccccc1. The predicted molar refractivity (Wildman–Crippen MR) is 116 cm³/mol. The van der Waals surface area contributed by atoms with Gasteiger partial charge in [-0.25, -0.2) is 4.98 Å². The molecule has 0 atom stereocenters. The predicted octanol–water partition coefficient (Wildman–Crippen LogP) is 2.44. The zero-order valence-electron chi connectivity index (χ0n) is 15.6. The summed E-state index contributed by atoms with van der Waals surface area (Å²) in [7, 11) is -0.874.